The molecule has 0 spiro atoms. The zero-order valence-electron chi connectivity index (χ0n) is 26.8. The molecule has 1 aliphatic carbocycles. The third-order valence-corrected chi connectivity index (χ3v) is 9.10. The summed E-state index contributed by atoms with van der Waals surface area (Å²) in [5.41, 5.74) is 9.26. The minimum Gasteiger partial charge on any atom is -0.744 e. The van der Waals surface area contributed by atoms with Crippen LogP contribution in [0.5, 0.6) is 5.75 Å². The van der Waals surface area contributed by atoms with Crippen LogP contribution in [0.4, 0.5) is 5.69 Å². The molecule has 1 N–H and O–H groups in total. The fourth-order valence-corrected chi connectivity index (χ4v) is 6.62. The predicted molar refractivity (Wildman–Crippen MR) is 185 cm³/mol. The molecule has 0 aliphatic heterocycles. The van der Waals surface area contributed by atoms with Crippen LogP contribution < -0.4 is 4.90 Å². The number of allylic oxidation sites excluding steroid dienone is 5. The molecule has 1 aliphatic rings. The molecular weight excluding hydrogens is 593 g/mol. The van der Waals surface area contributed by atoms with E-state index in [0.717, 1.165) is 54.8 Å². The van der Waals surface area contributed by atoms with Gasteiger partial charge in [-0.25, -0.2) is 13.0 Å². The summed E-state index contributed by atoms with van der Waals surface area (Å²) >= 11 is 0. The van der Waals surface area contributed by atoms with Crippen molar-refractivity contribution in [1.82, 2.24) is 0 Å². The molecule has 0 atom stereocenters. The molecule has 4 aromatic carbocycles. The van der Waals surface area contributed by atoms with E-state index >= 15 is 0 Å². The fourth-order valence-electron chi connectivity index (χ4n) is 5.91. The van der Waals surface area contributed by atoms with Gasteiger partial charge >= 0.3 is 0 Å². The quantitative estimate of drug-likeness (QED) is 0.144. The summed E-state index contributed by atoms with van der Waals surface area (Å²) in [6.45, 7) is 11.5. The monoisotopic (exact) mass is 632 g/mol. The maximum atomic E-state index is 12.4. The van der Waals surface area contributed by atoms with Crippen LogP contribution in [0.25, 0.3) is 5.57 Å². The Balaban J connectivity index is 1.57. The van der Waals surface area contributed by atoms with E-state index in [4.69, 9.17) is 0 Å². The third kappa shape index (κ3) is 7.73. The molecule has 0 saturated carbocycles. The van der Waals surface area contributed by atoms with Crippen molar-refractivity contribution in [1.29, 1.82) is 0 Å². The second-order valence-electron chi connectivity index (χ2n) is 11.6. The summed E-state index contributed by atoms with van der Waals surface area (Å²) in [6, 6.07) is 28.8. The average Bonchev–Trinajstić information content (AvgIpc) is 3.04. The first-order valence-electron chi connectivity index (χ1n) is 15.5. The normalized spacial score (nSPS) is 12.8. The van der Waals surface area contributed by atoms with Crippen molar-refractivity contribution in [2.75, 3.05) is 18.0 Å². The predicted octanol–water partition coefficient (Wildman–Crippen LogP) is 7.54. The fraction of sp³-hybridized carbons (Fsp3) is 0.205. The highest BCUT2D eigenvalue weighted by Gasteiger charge is 2.20. The Morgan fingerprint density at radius 3 is 2.02 bits per heavy atom. The van der Waals surface area contributed by atoms with Crippen molar-refractivity contribution < 1.29 is 22.7 Å². The largest absolute Gasteiger partial charge is 0.744 e. The van der Waals surface area contributed by atoms with Crippen LogP contribution in [-0.4, -0.2) is 41.5 Å². The van der Waals surface area contributed by atoms with Gasteiger partial charge in [0.25, 0.3) is 0 Å². The zero-order valence-corrected chi connectivity index (χ0v) is 27.6. The lowest BCUT2D eigenvalue weighted by Crippen LogP contribution is -2.22. The molecular formula is C39H40N2O4S. The highest BCUT2D eigenvalue weighted by atomic mass is 32.2. The molecule has 7 heteroatoms. The Kier molecular flexibility index (Phi) is 10.0. The average molecular weight is 633 g/mol. The molecule has 0 saturated heterocycles. The number of aromatic hydroxyl groups is 1. The lowest BCUT2D eigenvalue weighted by molar-refractivity contribution is -0.539. The number of aryl methyl sites for hydroxylation is 2. The molecule has 236 valence electrons. The van der Waals surface area contributed by atoms with Gasteiger partial charge in [-0.1, -0.05) is 65.7 Å². The van der Waals surface area contributed by atoms with Crippen LogP contribution in [0, 0.1) is 13.8 Å². The topological polar surface area (TPSA) is 83.7 Å². The Morgan fingerprint density at radius 1 is 0.804 bits per heavy atom. The number of hydrogen-bond donors (Lipinski definition) is 1. The van der Waals surface area contributed by atoms with Gasteiger partial charge < -0.3 is 14.6 Å². The number of hydrogen-bond acceptors (Lipinski definition) is 5. The number of nitrogens with zero attached hydrogens (tertiary/aromatic N) is 2. The highest BCUT2D eigenvalue weighted by molar-refractivity contribution is 7.85. The second-order valence-corrected chi connectivity index (χ2v) is 13.0. The van der Waals surface area contributed by atoms with E-state index in [1.54, 1.807) is 0 Å². The van der Waals surface area contributed by atoms with Gasteiger partial charge in [-0.3, -0.25) is 0 Å². The number of phenolic OH excluding ortho intramolecular Hbond substituents is 1. The van der Waals surface area contributed by atoms with Crippen molar-refractivity contribution in [3.8, 4) is 5.75 Å². The molecule has 0 amide bonds. The standard InChI is InChI=1S/C39H40N2O4S/c1-5-40(26-30-11-7-9-28(3)23-30)34-17-13-32(14-18-34)39(37-22-21-36(42)25-38(37)46(43,44)45)33-15-19-35(20-16-33)41(6-2)27-31-12-8-10-29(4)24-31/h7-25H,5-6,26-27H2,1-4H3,(H,43,44,45). The molecule has 0 heterocycles. The number of phenols is 1. The summed E-state index contributed by atoms with van der Waals surface area (Å²) in [7, 11) is -4.89. The third-order valence-electron chi connectivity index (χ3n) is 8.22. The summed E-state index contributed by atoms with van der Waals surface area (Å²) in [5, 5.41) is 10.1. The summed E-state index contributed by atoms with van der Waals surface area (Å²) in [6.07, 6.45) is 7.97. The van der Waals surface area contributed by atoms with Gasteiger partial charge in [0.2, 0.25) is 0 Å². The Bertz CT molecular complexity index is 1950. The SMILES string of the molecule is CCN(Cc1cccc(C)c1)c1ccc(C(=C2C=CC(=[N+](CC)Cc3cccc(C)c3)C=C2)c2ccc(O)cc2S(=O)(=O)[O-])cc1. The van der Waals surface area contributed by atoms with Crippen molar-refractivity contribution in [2.45, 2.75) is 45.7 Å². The number of anilines is 1. The van der Waals surface area contributed by atoms with Crippen LogP contribution in [0.1, 0.15) is 47.2 Å². The zero-order chi connectivity index (χ0) is 32.8. The smallest absolute Gasteiger partial charge is 0.200 e. The van der Waals surface area contributed by atoms with Crippen molar-refractivity contribution in [2.24, 2.45) is 0 Å². The molecule has 6 nitrogen and oxygen atoms in total. The first-order chi connectivity index (χ1) is 22.0. The van der Waals surface area contributed by atoms with E-state index in [1.165, 1.54) is 34.4 Å². The van der Waals surface area contributed by atoms with Gasteiger partial charge in [0.1, 0.15) is 22.4 Å². The van der Waals surface area contributed by atoms with Gasteiger partial charge in [-0.05, 0) is 98.5 Å². The molecule has 46 heavy (non-hydrogen) atoms. The van der Waals surface area contributed by atoms with E-state index in [-0.39, 0.29) is 11.3 Å². The summed E-state index contributed by atoms with van der Waals surface area (Å²) in [4.78, 5) is 1.81. The Morgan fingerprint density at radius 2 is 1.43 bits per heavy atom. The molecule has 0 radical (unpaired) electrons. The molecule has 0 aromatic heterocycles. The van der Waals surface area contributed by atoms with Crippen LogP contribution >= 0.6 is 0 Å². The van der Waals surface area contributed by atoms with E-state index in [1.807, 2.05) is 48.6 Å². The van der Waals surface area contributed by atoms with Crippen LogP contribution in [0.2, 0.25) is 0 Å². The molecule has 0 fully saturated rings. The van der Waals surface area contributed by atoms with Crippen molar-refractivity contribution >= 4 is 27.1 Å². The second kappa shape index (κ2) is 14.1. The summed E-state index contributed by atoms with van der Waals surface area (Å²) in [5.74, 6) is -0.285. The highest BCUT2D eigenvalue weighted by Crippen LogP contribution is 2.36. The van der Waals surface area contributed by atoms with Gasteiger partial charge in [0, 0.05) is 42.1 Å². The first kappa shape index (κ1) is 32.7. The number of benzene rings is 4. The lowest BCUT2D eigenvalue weighted by Gasteiger charge is -2.24. The van der Waals surface area contributed by atoms with Crippen LogP contribution in [0.3, 0.4) is 0 Å². The van der Waals surface area contributed by atoms with Gasteiger partial charge in [-0.2, -0.15) is 0 Å². The van der Waals surface area contributed by atoms with Gasteiger partial charge in [-0.15, -0.1) is 0 Å². The maximum Gasteiger partial charge on any atom is 0.200 e. The Labute approximate surface area is 272 Å². The molecule has 4 aromatic rings. The van der Waals surface area contributed by atoms with Gasteiger partial charge in [0.05, 0.1) is 4.90 Å². The van der Waals surface area contributed by atoms with Crippen LogP contribution in [0.15, 0.2) is 126 Å². The van der Waals surface area contributed by atoms with E-state index in [2.05, 4.69) is 85.7 Å². The maximum absolute atomic E-state index is 12.4. The van der Waals surface area contributed by atoms with Gasteiger partial charge in [0.15, 0.2) is 12.3 Å². The molecule has 5 rings (SSSR count). The van der Waals surface area contributed by atoms with E-state index in [0.29, 0.717) is 5.57 Å². The van der Waals surface area contributed by atoms with E-state index < -0.39 is 15.0 Å². The van der Waals surface area contributed by atoms with Crippen molar-refractivity contribution in [3.63, 3.8) is 0 Å². The van der Waals surface area contributed by atoms with E-state index in [9.17, 15) is 18.1 Å². The minimum atomic E-state index is -4.89. The first-order valence-corrected chi connectivity index (χ1v) is 16.9. The Hall–Kier alpha value is -4.72. The summed E-state index contributed by atoms with van der Waals surface area (Å²) < 4.78 is 39.6. The molecule has 0 unspecified atom stereocenters. The lowest BCUT2D eigenvalue weighted by atomic mass is 9.90. The number of rotatable bonds is 10. The molecule has 0 bridgehead atoms. The van der Waals surface area contributed by atoms with Crippen molar-refractivity contribution in [3.05, 3.63) is 154 Å². The van der Waals surface area contributed by atoms with Crippen LogP contribution in [-0.2, 0) is 23.2 Å². The minimum absolute atomic E-state index is 0.243.